The molecule has 0 aromatic heterocycles. The van der Waals surface area contributed by atoms with Gasteiger partial charge in [-0.25, -0.2) is 4.79 Å². The summed E-state index contributed by atoms with van der Waals surface area (Å²) in [5.74, 6) is 1.01. The summed E-state index contributed by atoms with van der Waals surface area (Å²) in [6.07, 6.45) is 0.933. The van der Waals surface area contributed by atoms with Crippen molar-refractivity contribution >= 4 is 20.0 Å². The molecule has 0 atom stereocenters. The molecule has 0 aliphatic carbocycles. The van der Waals surface area contributed by atoms with Crippen LogP contribution < -0.4 is 25.0 Å². The number of anilines is 1. The van der Waals surface area contributed by atoms with Gasteiger partial charge in [0, 0.05) is 28.9 Å². The van der Waals surface area contributed by atoms with E-state index in [0.717, 1.165) is 24.2 Å². The van der Waals surface area contributed by atoms with Gasteiger partial charge in [0.05, 0.1) is 0 Å². The Bertz CT molecular complexity index is 1150. The zero-order chi connectivity index (χ0) is 27.1. The number of carbonyl (C=O) groups is 1. The smallest absolute Gasteiger partial charge is 0.342 e. The summed E-state index contributed by atoms with van der Waals surface area (Å²) in [4.78, 5) is 13.9. The first-order chi connectivity index (χ1) is 17.4. The second-order valence-electron chi connectivity index (χ2n) is 11.9. The van der Waals surface area contributed by atoms with Crippen LogP contribution in [-0.2, 0) is 11.2 Å². The minimum atomic E-state index is -2.48. The van der Waals surface area contributed by atoms with Gasteiger partial charge in [0.15, 0.2) is 11.5 Å². The maximum atomic E-state index is 13.9. The zero-order valence-electron chi connectivity index (χ0n) is 23.5. The molecule has 2 aliphatic rings. The number of para-hydroxylation sites is 1. The molecule has 2 aliphatic heterocycles. The molecule has 0 radical (unpaired) electrons. The molecule has 0 unspecified atom stereocenters. The molecule has 2 heterocycles. The highest BCUT2D eigenvalue weighted by Crippen LogP contribution is 2.53. The lowest BCUT2D eigenvalue weighted by Crippen LogP contribution is -2.51. The van der Waals surface area contributed by atoms with Crippen molar-refractivity contribution in [1.82, 2.24) is 0 Å². The third-order valence-corrected chi connectivity index (χ3v) is 13.5. The number of hydrogen-bond donors (Lipinski definition) is 2. The van der Waals surface area contributed by atoms with Gasteiger partial charge in [0.25, 0.3) is 8.32 Å². The summed E-state index contributed by atoms with van der Waals surface area (Å²) >= 11 is 0. The van der Waals surface area contributed by atoms with Crippen LogP contribution in [0.4, 0.5) is 5.69 Å². The van der Waals surface area contributed by atoms with Gasteiger partial charge in [-0.15, -0.1) is 0 Å². The molecular weight excluding hydrogens is 484 g/mol. The van der Waals surface area contributed by atoms with E-state index >= 15 is 0 Å². The first kappa shape index (κ1) is 27.3. The summed E-state index contributed by atoms with van der Waals surface area (Å²) in [6.45, 7) is 18.0. The van der Waals surface area contributed by atoms with E-state index in [1.165, 1.54) is 5.56 Å². The topological polar surface area (TPSA) is 92.0 Å². The number of nitrogens with two attached hydrogens (primary N) is 1. The molecule has 37 heavy (non-hydrogen) atoms. The second kappa shape index (κ2) is 10.2. The van der Waals surface area contributed by atoms with Gasteiger partial charge in [0.2, 0.25) is 12.5 Å². The molecule has 0 bridgehead atoms. The average Bonchev–Trinajstić information content (AvgIpc) is 3.48. The molecule has 0 saturated carbocycles. The van der Waals surface area contributed by atoms with E-state index < -0.39 is 19.8 Å². The van der Waals surface area contributed by atoms with E-state index in [9.17, 15) is 4.79 Å². The Morgan fingerprint density at radius 1 is 1.08 bits per heavy atom. The molecule has 2 aromatic carbocycles. The van der Waals surface area contributed by atoms with Crippen LogP contribution in [0.25, 0.3) is 11.1 Å². The van der Waals surface area contributed by atoms with Crippen LogP contribution in [0.1, 0.15) is 71.3 Å². The Kier molecular flexibility index (Phi) is 7.54. The summed E-state index contributed by atoms with van der Waals surface area (Å²) in [6, 6.07) is 8.06. The maximum Gasteiger partial charge on any atom is 0.342 e. The van der Waals surface area contributed by atoms with Crippen molar-refractivity contribution in [3.05, 3.63) is 35.4 Å². The average molecular weight is 527 g/mol. The number of hydrogen-bond acceptors (Lipinski definition) is 7. The predicted molar refractivity (Wildman–Crippen MR) is 150 cm³/mol. The fraction of sp³-hybridized carbons (Fsp3) is 0.552. The van der Waals surface area contributed by atoms with E-state index in [1.54, 1.807) is 0 Å². The molecule has 7 nitrogen and oxygen atoms in total. The van der Waals surface area contributed by atoms with Crippen molar-refractivity contribution in [3.8, 4) is 28.4 Å². The predicted octanol–water partition coefficient (Wildman–Crippen LogP) is 6.50. The lowest BCUT2D eigenvalue weighted by Gasteiger charge is -2.42. The Labute approximate surface area is 222 Å². The van der Waals surface area contributed by atoms with E-state index in [4.69, 9.17) is 24.4 Å². The second-order valence-corrected chi connectivity index (χ2v) is 17.2. The van der Waals surface area contributed by atoms with E-state index in [2.05, 4.69) is 52.9 Å². The molecule has 8 heteroatoms. The number of benzene rings is 2. The lowest BCUT2D eigenvalue weighted by atomic mass is 9.94. The van der Waals surface area contributed by atoms with Crippen molar-refractivity contribution in [2.45, 2.75) is 84.0 Å². The highest BCUT2D eigenvalue weighted by atomic mass is 28.4. The quantitative estimate of drug-likeness (QED) is 0.285. The summed E-state index contributed by atoms with van der Waals surface area (Å²) in [7, 11) is -2.48. The molecule has 0 fully saturated rings. The van der Waals surface area contributed by atoms with Crippen molar-refractivity contribution in [3.63, 3.8) is 0 Å². The first-order valence-electron chi connectivity index (χ1n) is 13.3. The fourth-order valence-electron chi connectivity index (χ4n) is 5.94. The molecule has 202 valence electrons. The van der Waals surface area contributed by atoms with Gasteiger partial charge in [-0.3, -0.25) is 0 Å². The Morgan fingerprint density at radius 3 is 2.38 bits per heavy atom. The Balaban J connectivity index is 1.99. The minimum Gasteiger partial charge on any atom is -0.540 e. The van der Waals surface area contributed by atoms with Gasteiger partial charge in [-0.2, -0.15) is 0 Å². The highest BCUT2D eigenvalue weighted by molar-refractivity contribution is 6.78. The van der Waals surface area contributed by atoms with Crippen molar-refractivity contribution in [1.29, 1.82) is 0 Å². The van der Waals surface area contributed by atoms with Crippen molar-refractivity contribution < 1.29 is 23.4 Å². The van der Waals surface area contributed by atoms with Crippen molar-refractivity contribution in [2.24, 2.45) is 5.73 Å². The van der Waals surface area contributed by atoms with E-state index in [1.807, 2.05) is 32.0 Å². The number of rotatable bonds is 9. The van der Waals surface area contributed by atoms with Crippen LogP contribution in [-0.4, -0.2) is 39.8 Å². The number of nitrogens with one attached hydrogen (secondary N) is 1. The van der Waals surface area contributed by atoms with Crippen LogP contribution >= 0.6 is 0 Å². The van der Waals surface area contributed by atoms with Crippen LogP contribution in [0.3, 0.4) is 0 Å². The summed E-state index contributed by atoms with van der Waals surface area (Å²) < 4.78 is 24.8. The third-order valence-electron chi connectivity index (χ3n) is 7.52. The zero-order valence-corrected chi connectivity index (χ0v) is 24.5. The monoisotopic (exact) mass is 526 g/mol. The van der Waals surface area contributed by atoms with E-state index in [-0.39, 0.29) is 13.4 Å². The number of fused-ring (bicyclic) bond motifs is 2. The highest BCUT2D eigenvalue weighted by Gasteiger charge is 2.49. The van der Waals surface area contributed by atoms with Gasteiger partial charge >= 0.3 is 5.97 Å². The van der Waals surface area contributed by atoms with Crippen LogP contribution in [0.5, 0.6) is 17.2 Å². The lowest BCUT2D eigenvalue weighted by molar-refractivity contribution is 0.0431. The molecular formula is C29H42N2O5Si. The van der Waals surface area contributed by atoms with Gasteiger partial charge in [-0.1, -0.05) is 59.7 Å². The van der Waals surface area contributed by atoms with Gasteiger partial charge < -0.3 is 29.7 Å². The van der Waals surface area contributed by atoms with Crippen molar-refractivity contribution in [2.75, 3.05) is 25.3 Å². The maximum absolute atomic E-state index is 13.9. The number of carbonyl (C=O) groups excluding carboxylic acids is 1. The van der Waals surface area contributed by atoms with Crippen LogP contribution in [0.2, 0.25) is 16.6 Å². The Hall–Kier alpha value is -2.71. The van der Waals surface area contributed by atoms with E-state index in [0.29, 0.717) is 45.0 Å². The van der Waals surface area contributed by atoms with Crippen LogP contribution in [0, 0.1) is 0 Å². The third kappa shape index (κ3) is 5.05. The SMILES string of the molecule is CC(C)[Si](Oc1c2c(cc(-c3cccc4c3NCC4)c1C(=O)OCC(C)(C)N)OCO2)(C(C)C)C(C)C. The molecule has 2 aromatic rings. The standard InChI is InChI=1S/C29H42N2O5Si/c1-17(2)37(18(3)4,19(5)6)36-27-24(28(32)33-15-29(7,8)30)22(14-23-26(27)35-16-34-23)21-11-9-10-20-12-13-31-25(20)21/h9-11,14,17-19,31H,12-13,15-16,30H2,1-8H3. The van der Waals surface area contributed by atoms with Crippen LogP contribution in [0.15, 0.2) is 24.3 Å². The molecule has 0 spiro atoms. The normalized spacial score (nSPS) is 14.8. The Morgan fingerprint density at radius 2 is 1.76 bits per heavy atom. The molecule has 0 saturated heterocycles. The number of ether oxygens (including phenoxy) is 3. The van der Waals surface area contributed by atoms with Gasteiger partial charge in [0.1, 0.15) is 12.2 Å². The fourth-order valence-corrected chi connectivity index (χ4v) is 11.2. The molecule has 4 rings (SSSR count). The first-order valence-corrected chi connectivity index (χ1v) is 15.5. The molecule has 0 amide bonds. The minimum absolute atomic E-state index is 0.0736. The molecule has 3 N–H and O–H groups in total. The summed E-state index contributed by atoms with van der Waals surface area (Å²) in [5.41, 5.74) is 10.6. The summed E-state index contributed by atoms with van der Waals surface area (Å²) in [5, 5.41) is 3.50. The largest absolute Gasteiger partial charge is 0.540 e. The van der Waals surface area contributed by atoms with Gasteiger partial charge in [-0.05, 0) is 48.5 Å². The number of esters is 1.